The molecule has 0 atom stereocenters. The lowest BCUT2D eigenvalue weighted by Gasteiger charge is -2.36. The topological polar surface area (TPSA) is 15.3 Å². The van der Waals surface area contributed by atoms with E-state index in [9.17, 15) is 0 Å². The van der Waals surface area contributed by atoms with Gasteiger partial charge < -0.3 is 10.2 Å². The molecule has 2 heteroatoms. The molecule has 12 heavy (non-hydrogen) atoms. The molecular weight excluding hydrogens is 148 g/mol. The van der Waals surface area contributed by atoms with Gasteiger partial charge in [0.25, 0.3) is 0 Å². The minimum atomic E-state index is 0.929. The molecule has 0 bridgehead atoms. The van der Waals surface area contributed by atoms with Gasteiger partial charge >= 0.3 is 0 Å². The Bertz CT molecular complexity index is 139. The van der Waals surface area contributed by atoms with Crippen LogP contribution < -0.4 is 5.32 Å². The largest absolute Gasteiger partial charge is 0.316 e. The third-order valence-electron chi connectivity index (χ3n) is 3.45. The van der Waals surface area contributed by atoms with Gasteiger partial charge in [-0.15, -0.1) is 0 Å². The fourth-order valence-electron chi connectivity index (χ4n) is 1.95. The van der Waals surface area contributed by atoms with Crippen LogP contribution in [0.3, 0.4) is 0 Å². The van der Waals surface area contributed by atoms with Gasteiger partial charge in [0.05, 0.1) is 0 Å². The van der Waals surface area contributed by atoms with Crippen LogP contribution in [0.1, 0.15) is 25.7 Å². The first-order valence-electron chi connectivity index (χ1n) is 5.27. The van der Waals surface area contributed by atoms with Gasteiger partial charge in [0.2, 0.25) is 0 Å². The van der Waals surface area contributed by atoms with Gasteiger partial charge in [-0.3, -0.25) is 0 Å². The van der Waals surface area contributed by atoms with Crippen LogP contribution in [0.4, 0.5) is 0 Å². The van der Waals surface area contributed by atoms with Gasteiger partial charge in [-0.25, -0.2) is 0 Å². The van der Waals surface area contributed by atoms with Crippen LogP contribution in [-0.4, -0.2) is 37.6 Å². The molecule has 0 unspecified atom stereocenters. The summed E-state index contributed by atoms with van der Waals surface area (Å²) in [5.41, 5.74) is 0. The maximum Gasteiger partial charge on any atom is 0.00922 e. The van der Waals surface area contributed by atoms with E-state index in [0.29, 0.717) is 0 Å². The zero-order valence-electron chi connectivity index (χ0n) is 8.05. The molecule has 1 heterocycles. The van der Waals surface area contributed by atoms with Crippen molar-refractivity contribution >= 4 is 0 Å². The van der Waals surface area contributed by atoms with Crippen LogP contribution in [0.25, 0.3) is 0 Å². The molecule has 0 aromatic rings. The first-order valence-corrected chi connectivity index (χ1v) is 5.27. The van der Waals surface area contributed by atoms with Crippen molar-refractivity contribution in [3.63, 3.8) is 0 Å². The van der Waals surface area contributed by atoms with Crippen LogP contribution in [0, 0.1) is 5.92 Å². The second-order valence-corrected chi connectivity index (χ2v) is 4.38. The van der Waals surface area contributed by atoms with E-state index >= 15 is 0 Å². The minimum absolute atomic E-state index is 0.929. The molecule has 2 nitrogen and oxygen atoms in total. The maximum atomic E-state index is 3.32. The highest BCUT2D eigenvalue weighted by Crippen LogP contribution is 2.24. The molecule has 2 aliphatic rings. The summed E-state index contributed by atoms with van der Waals surface area (Å²) >= 11 is 0. The van der Waals surface area contributed by atoms with Crippen molar-refractivity contribution in [1.29, 1.82) is 0 Å². The van der Waals surface area contributed by atoms with Crippen LogP contribution in [0.15, 0.2) is 0 Å². The summed E-state index contributed by atoms with van der Waals surface area (Å²) in [6.07, 6.45) is 5.75. The van der Waals surface area contributed by atoms with Gasteiger partial charge in [0.1, 0.15) is 0 Å². The predicted molar refractivity (Wildman–Crippen MR) is 51.2 cm³/mol. The zero-order valence-corrected chi connectivity index (χ0v) is 8.05. The Balaban J connectivity index is 1.58. The third kappa shape index (κ3) is 1.80. The third-order valence-corrected chi connectivity index (χ3v) is 3.45. The van der Waals surface area contributed by atoms with Crippen LogP contribution in [0.5, 0.6) is 0 Å². The Morgan fingerprint density at radius 1 is 1.33 bits per heavy atom. The lowest BCUT2D eigenvalue weighted by Crippen LogP contribution is -2.45. The molecule has 0 aromatic heterocycles. The van der Waals surface area contributed by atoms with Gasteiger partial charge in [-0.2, -0.15) is 0 Å². The molecule has 0 radical (unpaired) electrons. The number of nitrogens with one attached hydrogen (secondary N) is 1. The highest BCUT2D eigenvalue weighted by Gasteiger charge is 2.23. The van der Waals surface area contributed by atoms with Crippen molar-refractivity contribution in [1.82, 2.24) is 10.2 Å². The van der Waals surface area contributed by atoms with E-state index in [2.05, 4.69) is 17.3 Å². The van der Waals surface area contributed by atoms with Crippen LogP contribution in [0.2, 0.25) is 0 Å². The van der Waals surface area contributed by atoms with Crippen molar-refractivity contribution in [3.05, 3.63) is 0 Å². The Hall–Kier alpha value is -0.0800. The molecule has 1 saturated heterocycles. The smallest absolute Gasteiger partial charge is 0.00922 e. The van der Waals surface area contributed by atoms with Crippen molar-refractivity contribution < 1.29 is 0 Å². The maximum absolute atomic E-state index is 3.32. The van der Waals surface area contributed by atoms with E-state index in [1.165, 1.54) is 45.3 Å². The van der Waals surface area contributed by atoms with E-state index in [0.717, 1.165) is 12.0 Å². The SMILES string of the molecule is CN(CCC1CNC1)C1CCC1. The summed E-state index contributed by atoms with van der Waals surface area (Å²) in [7, 11) is 2.29. The summed E-state index contributed by atoms with van der Waals surface area (Å²) in [5, 5.41) is 3.32. The molecule has 1 aliphatic carbocycles. The standard InChI is InChI=1S/C10H20N2/c1-12(10-3-2-4-10)6-5-9-7-11-8-9/h9-11H,2-8H2,1H3. The monoisotopic (exact) mass is 168 g/mol. The number of hydrogen-bond donors (Lipinski definition) is 1. The molecule has 0 amide bonds. The van der Waals surface area contributed by atoms with Gasteiger partial charge in [0.15, 0.2) is 0 Å². The molecule has 2 fully saturated rings. The van der Waals surface area contributed by atoms with Crippen molar-refractivity contribution in [2.45, 2.75) is 31.7 Å². The molecule has 1 N–H and O–H groups in total. The minimum Gasteiger partial charge on any atom is -0.316 e. The first kappa shape index (κ1) is 8.52. The molecule has 70 valence electrons. The van der Waals surface area contributed by atoms with Gasteiger partial charge in [-0.05, 0) is 51.9 Å². The van der Waals surface area contributed by atoms with Crippen molar-refractivity contribution in [3.8, 4) is 0 Å². The number of rotatable bonds is 4. The fourth-order valence-corrected chi connectivity index (χ4v) is 1.95. The molecule has 0 aromatic carbocycles. The second kappa shape index (κ2) is 3.75. The van der Waals surface area contributed by atoms with Crippen LogP contribution in [-0.2, 0) is 0 Å². The molecular formula is C10H20N2. The summed E-state index contributed by atoms with van der Waals surface area (Å²) < 4.78 is 0. The number of hydrogen-bond acceptors (Lipinski definition) is 2. The normalized spacial score (nSPS) is 25.5. The first-order chi connectivity index (χ1) is 5.86. The Morgan fingerprint density at radius 3 is 2.50 bits per heavy atom. The summed E-state index contributed by atoms with van der Waals surface area (Å²) in [5.74, 6) is 0.979. The summed E-state index contributed by atoms with van der Waals surface area (Å²) in [4.78, 5) is 2.56. The Morgan fingerprint density at radius 2 is 2.08 bits per heavy atom. The molecule has 1 aliphatic heterocycles. The quantitative estimate of drug-likeness (QED) is 0.676. The van der Waals surface area contributed by atoms with Crippen molar-refractivity contribution in [2.24, 2.45) is 5.92 Å². The van der Waals surface area contributed by atoms with E-state index in [1.54, 1.807) is 0 Å². The highest BCUT2D eigenvalue weighted by atomic mass is 15.1. The summed E-state index contributed by atoms with van der Waals surface area (Å²) in [6.45, 7) is 3.84. The fraction of sp³-hybridized carbons (Fsp3) is 1.00. The van der Waals surface area contributed by atoms with Gasteiger partial charge in [0, 0.05) is 6.04 Å². The zero-order chi connectivity index (χ0) is 8.39. The van der Waals surface area contributed by atoms with E-state index in [-0.39, 0.29) is 0 Å². The lowest BCUT2D eigenvalue weighted by molar-refractivity contribution is 0.143. The van der Waals surface area contributed by atoms with E-state index < -0.39 is 0 Å². The van der Waals surface area contributed by atoms with E-state index in [4.69, 9.17) is 0 Å². The highest BCUT2D eigenvalue weighted by molar-refractivity contribution is 4.80. The Labute approximate surface area is 75.3 Å². The van der Waals surface area contributed by atoms with Crippen LogP contribution >= 0.6 is 0 Å². The lowest BCUT2D eigenvalue weighted by atomic mass is 9.91. The predicted octanol–water partition coefficient (Wildman–Crippen LogP) is 1.08. The summed E-state index contributed by atoms with van der Waals surface area (Å²) in [6, 6.07) is 0.929. The molecule has 0 spiro atoms. The molecule has 1 saturated carbocycles. The second-order valence-electron chi connectivity index (χ2n) is 4.38. The average molecular weight is 168 g/mol. The Kier molecular flexibility index (Phi) is 2.66. The van der Waals surface area contributed by atoms with Crippen molar-refractivity contribution in [2.75, 3.05) is 26.7 Å². The number of nitrogens with zero attached hydrogens (tertiary/aromatic N) is 1. The average Bonchev–Trinajstić information content (AvgIpc) is 1.79. The van der Waals surface area contributed by atoms with E-state index in [1.807, 2.05) is 0 Å². The molecule has 2 rings (SSSR count). The van der Waals surface area contributed by atoms with Gasteiger partial charge in [-0.1, -0.05) is 6.42 Å².